The van der Waals surface area contributed by atoms with Crippen LogP contribution in [-0.4, -0.2) is 97.7 Å². The van der Waals surface area contributed by atoms with E-state index in [1.807, 2.05) is 55.5 Å². The van der Waals surface area contributed by atoms with E-state index in [2.05, 4.69) is 10.6 Å². The van der Waals surface area contributed by atoms with E-state index in [0.29, 0.717) is 57.2 Å². The lowest BCUT2D eigenvalue weighted by molar-refractivity contribution is -0.145. The molecule has 6 atom stereocenters. The van der Waals surface area contributed by atoms with Crippen LogP contribution in [0, 0.1) is 0 Å². The van der Waals surface area contributed by atoms with Gasteiger partial charge in [-0.2, -0.15) is 0 Å². The number of nitrogens with two attached hydrogens (primary N) is 2. The number of hydrogen-bond acceptors (Lipinski definition) is 9. The summed E-state index contributed by atoms with van der Waals surface area (Å²) in [6, 6.07) is 12.3. The van der Waals surface area contributed by atoms with Crippen LogP contribution in [0.1, 0.15) is 101 Å². The molecule has 3 aromatic rings. The molecule has 16 nitrogen and oxygen atoms in total. The number of imide groups is 1. The second kappa shape index (κ2) is 19.6. The lowest BCUT2D eigenvalue weighted by Crippen LogP contribution is -2.60. The van der Waals surface area contributed by atoms with Gasteiger partial charge in [-0.25, -0.2) is 4.79 Å². The fourth-order valence-electron chi connectivity index (χ4n) is 8.72. The number of hydrogen-bond donors (Lipinski definition) is 4. The number of piperidine rings is 1. The molecule has 3 saturated heterocycles. The first-order chi connectivity index (χ1) is 28.3. The predicted molar refractivity (Wildman–Crippen MR) is 219 cm³/mol. The topological polar surface area (TPSA) is 221 Å². The second-order valence-corrected chi connectivity index (χ2v) is 16.3. The van der Waals surface area contributed by atoms with Crippen LogP contribution in [0.5, 0.6) is 0 Å². The summed E-state index contributed by atoms with van der Waals surface area (Å²) < 4.78 is 9.09. The lowest BCUT2D eigenvalue weighted by atomic mass is 10.0. The van der Waals surface area contributed by atoms with Crippen LogP contribution in [0.4, 0.5) is 0 Å². The van der Waals surface area contributed by atoms with E-state index < -0.39 is 42.1 Å². The van der Waals surface area contributed by atoms with Gasteiger partial charge in [0.25, 0.3) is 0 Å². The van der Waals surface area contributed by atoms with Crippen LogP contribution in [0.25, 0.3) is 11.0 Å². The van der Waals surface area contributed by atoms with Gasteiger partial charge in [-0.1, -0.05) is 49.2 Å². The van der Waals surface area contributed by atoms with Crippen LogP contribution >= 0.6 is 0 Å². The molecule has 2 aromatic carbocycles. The molecule has 6 rings (SSSR count). The Morgan fingerprint density at radius 1 is 0.915 bits per heavy atom. The summed E-state index contributed by atoms with van der Waals surface area (Å²) in [7, 11) is 1.68. The molecule has 318 valence electrons. The number of amides is 6. The third-order valence-corrected chi connectivity index (χ3v) is 12.1. The Hall–Kier alpha value is -5.35. The number of aromatic nitrogens is 2. The van der Waals surface area contributed by atoms with Gasteiger partial charge in [0.2, 0.25) is 35.4 Å². The quantitative estimate of drug-likeness (QED) is 0.116. The third-order valence-electron chi connectivity index (χ3n) is 12.1. The summed E-state index contributed by atoms with van der Waals surface area (Å²) in [5.74, 6) is -1.97. The minimum atomic E-state index is -0.966. The van der Waals surface area contributed by atoms with Crippen molar-refractivity contribution in [3.05, 3.63) is 70.1 Å². The molecule has 1 aromatic heterocycles. The number of primary amides is 1. The number of nitrogens with one attached hydrogen (secondary N) is 2. The van der Waals surface area contributed by atoms with Gasteiger partial charge in [0.15, 0.2) is 0 Å². The van der Waals surface area contributed by atoms with Gasteiger partial charge in [0.1, 0.15) is 18.1 Å². The minimum Gasteiger partial charge on any atom is -0.372 e. The largest absolute Gasteiger partial charge is 0.372 e. The minimum absolute atomic E-state index is 0.0392. The normalized spacial score (nSPS) is 22.1. The van der Waals surface area contributed by atoms with Crippen molar-refractivity contribution < 1.29 is 33.5 Å². The molecule has 3 aliphatic heterocycles. The van der Waals surface area contributed by atoms with Crippen molar-refractivity contribution >= 4 is 46.5 Å². The molecule has 0 spiro atoms. The molecule has 6 amide bonds. The maximum atomic E-state index is 13.8. The maximum absolute atomic E-state index is 13.8. The summed E-state index contributed by atoms with van der Waals surface area (Å²) in [5, 5.41) is 5.38. The Bertz CT molecular complexity index is 2080. The SMILES string of the molecule is C[C@@H](OCc1ccccc1)[C@H](CCC(N)=O)NC(=O)[C@@H]1CC[C@@H]2CCN(C(=O)CCCCCCc3ccc4c(c3)n(C)c(=O)n4C3CCC(=O)NC3=O)C[C@H](N)C(=O)N21. The average Bonchev–Trinajstić information content (AvgIpc) is 3.75. The van der Waals surface area contributed by atoms with Gasteiger partial charge in [-0.15, -0.1) is 0 Å². The van der Waals surface area contributed by atoms with E-state index in [4.69, 9.17) is 16.2 Å². The van der Waals surface area contributed by atoms with Crippen molar-refractivity contribution in [1.29, 1.82) is 0 Å². The highest BCUT2D eigenvalue weighted by Gasteiger charge is 2.44. The first-order valence-electron chi connectivity index (χ1n) is 21.0. The number of aryl methyl sites for hydroxylation is 2. The molecule has 59 heavy (non-hydrogen) atoms. The molecular formula is C43H58N8O8. The van der Waals surface area contributed by atoms with E-state index >= 15 is 0 Å². The van der Waals surface area contributed by atoms with E-state index in [-0.39, 0.29) is 61.2 Å². The molecule has 1 unspecified atom stereocenters. The number of unbranched alkanes of at least 4 members (excludes halogenated alkanes) is 3. The zero-order valence-corrected chi connectivity index (χ0v) is 34.1. The number of benzene rings is 2. The summed E-state index contributed by atoms with van der Waals surface area (Å²) in [5.41, 5.74) is 15.0. The van der Waals surface area contributed by atoms with Gasteiger partial charge in [-0.05, 0) is 81.5 Å². The summed E-state index contributed by atoms with van der Waals surface area (Å²) in [6.45, 7) is 2.70. The summed E-state index contributed by atoms with van der Waals surface area (Å²) >= 11 is 0. The smallest absolute Gasteiger partial charge is 0.329 e. The van der Waals surface area contributed by atoms with Crippen molar-refractivity contribution in [2.24, 2.45) is 18.5 Å². The molecule has 0 aliphatic carbocycles. The first-order valence-corrected chi connectivity index (χ1v) is 21.0. The molecule has 3 aliphatic rings. The first kappa shape index (κ1) is 43.2. The molecule has 4 heterocycles. The van der Waals surface area contributed by atoms with Crippen LogP contribution in [0.3, 0.4) is 0 Å². The van der Waals surface area contributed by atoms with Crippen LogP contribution in [0.15, 0.2) is 53.3 Å². The van der Waals surface area contributed by atoms with Crippen molar-refractivity contribution in [2.45, 2.75) is 133 Å². The highest BCUT2D eigenvalue weighted by atomic mass is 16.5. The molecule has 0 saturated carbocycles. The van der Waals surface area contributed by atoms with Crippen LogP contribution in [0.2, 0.25) is 0 Å². The van der Waals surface area contributed by atoms with E-state index in [0.717, 1.165) is 42.3 Å². The zero-order chi connectivity index (χ0) is 42.2. The number of nitrogens with zero attached hydrogens (tertiary/aromatic N) is 4. The predicted octanol–water partition coefficient (Wildman–Crippen LogP) is 2.09. The summed E-state index contributed by atoms with van der Waals surface area (Å²) in [6.07, 6.45) is 6.50. The van der Waals surface area contributed by atoms with Crippen LogP contribution < -0.4 is 27.8 Å². The number of ether oxygens (including phenoxy) is 1. The zero-order valence-electron chi connectivity index (χ0n) is 34.1. The molecular weight excluding hydrogens is 757 g/mol. The number of fused-ring (bicyclic) bond motifs is 2. The Morgan fingerprint density at radius 3 is 2.42 bits per heavy atom. The standard InChI is InChI=1S/C43H58N8O8/c1-27(59-26-29-11-7-5-8-12-29)32(16-20-37(45)52)46-40(55)34-18-15-30-22-23-49(25-31(44)42(57)50(30)34)39(54)13-9-4-3-6-10-28-14-17-33-36(24-28)48(2)43(58)51(33)35-19-21-38(53)47-41(35)56/h5,7-8,11-12,14,17,24,27,30-32,34-35H,3-4,6,9-10,13,15-16,18-23,25-26,44H2,1-2H3,(H2,45,52)(H,46,55)(H,47,53,56)/t27-,30-,31+,32+,34+,35?/m1/s1. The summed E-state index contributed by atoms with van der Waals surface area (Å²) in [4.78, 5) is 93.1. The number of carbonyl (C=O) groups excluding carboxylic acids is 6. The number of imidazole rings is 1. The van der Waals surface area contributed by atoms with E-state index in [1.165, 1.54) is 9.13 Å². The van der Waals surface area contributed by atoms with Crippen LogP contribution in [-0.2, 0) is 53.6 Å². The number of carbonyl (C=O) groups is 6. The molecule has 6 N–H and O–H groups in total. The fourth-order valence-corrected chi connectivity index (χ4v) is 8.72. The Balaban J connectivity index is 0.957. The van der Waals surface area contributed by atoms with Crippen molar-refractivity contribution in [2.75, 3.05) is 13.1 Å². The molecule has 0 radical (unpaired) electrons. The Morgan fingerprint density at radius 2 is 1.68 bits per heavy atom. The highest BCUT2D eigenvalue weighted by molar-refractivity contribution is 6.00. The third kappa shape index (κ3) is 10.5. The Labute approximate surface area is 343 Å². The molecule has 16 heteroatoms. The van der Waals surface area contributed by atoms with Gasteiger partial charge in [-0.3, -0.25) is 43.2 Å². The van der Waals surface area contributed by atoms with Gasteiger partial charge in [0.05, 0.1) is 29.8 Å². The molecule has 3 fully saturated rings. The molecule has 0 bridgehead atoms. The van der Waals surface area contributed by atoms with Crippen molar-refractivity contribution in [3.63, 3.8) is 0 Å². The van der Waals surface area contributed by atoms with E-state index in [1.54, 1.807) is 16.8 Å². The average molecular weight is 815 g/mol. The van der Waals surface area contributed by atoms with E-state index in [9.17, 15) is 33.6 Å². The van der Waals surface area contributed by atoms with Crippen molar-refractivity contribution in [3.8, 4) is 0 Å². The maximum Gasteiger partial charge on any atom is 0.329 e. The Kier molecular flexibility index (Phi) is 14.4. The van der Waals surface area contributed by atoms with Gasteiger partial charge >= 0.3 is 5.69 Å². The highest BCUT2D eigenvalue weighted by Crippen LogP contribution is 2.30. The van der Waals surface area contributed by atoms with Crippen molar-refractivity contribution in [1.82, 2.24) is 29.6 Å². The fraction of sp³-hybridized carbons (Fsp3) is 0.558. The van der Waals surface area contributed by atoms with Gasteiger partial charge in [0, 0.05) is 45.4 Å². The van der Waals surface area contributed by atoms with Gasteiger partial charge < -0.3 is 31.3 Å². The monoisotopic (exact) mass is 814 g/mol. The lowest BCUT2D eigenvalue weighted by Gasteiger charge is -2.38. The number of rotatable bonds is 17. The second-order valence-electron chi connectivity index (χ2n) is 16.3.